The topological polar surface area (TPSA) is 20.2 Å². The van der Waals surface area contributed by atoms with E-state index in [1.807, 2.05) is 11.8 Å². The van der Waals surface area contributed by atoms with Gasteiger partial charge in [0.25, 0.3) is 0 Å². The summed E-state index contributed by atoms with van der Waals surface area (Å²) >= 11 is 1.85. The van der Waals surface area contributed by atoms with Crippen LogP contribution >= 0.6 is 11.8 Å². The highest BCUT2D eigenvalue weighted by molar-refractivity contribution is 8.00. The Morgan fingerprint density at radius 1 is 1.23 bits per heavy atom. The van der Waals surface area contributed by atoms with E-state index in [2.05, 4.69) is 27.7 Å². The summed E-state index contributed by atoms with van der Waals surface area (Å²) in [5, 5.41) is 9.62. The Balaban J connectivity index is 3.35. The molecule has 0 amide bonds. The van der Waals surface area contributed by atoms with E-state index in [9.17, 15) is 5.11 Å². The van der Waals surface area contributed by atoms with Crippen molar-refractivity contribution in [2.75, 3.05) is 5.75 Å². The molecule has 0 aliphatic rings. The lowest BCUT2D eigenvalue weighted by molar-refractivity contribution is 0.185. The minimum Gasteiger partial charge on any atom is -0.392 e. The molecule has 1 atom stereocenters. The molecule has 80 valence electrons. The van der Waals surface area contributed by atoms with Crippen LogP contribution in [0.5, 0.6) is 0 Å². The van der Waals surface area contributed by atoms with Crippen LogP contribution in [0, 0.1) is 0 Å². The molecule has 0 rings (SSSR count). The molecule has 0 aliphatic heterocycles. The van der Waals surface area contributed by atoms with Gasteiger partial charge in [0.05, 0.1) is 6.10 Å². The van der Waals surface area contributed by atoms with Gasteiger partial charge in [-0.1, -0.05) is 47.0 Å². The van der Waals surface area contributed by atoms with Crippen LogP contribution in [0.25, 0.3) is 0 Å². The summed E-state index contributed by atoms with van der Waals surface area (Å²) < 4.78 is 0.283. The zero-order valence-corrected chi connectivity index (χ0v) is 10.3. The van der Waals surface area contributed by atoms with Gasteiger partial charge in [-0.05, 0) is 6.42 Å². The molecule has 13 heavy (non-hydrogen) atoms. The fraction of sp³-hybridized carbons (Fsp3) is 1.00. The molecular weight excluding hydrogens is 180 g/mol. The lowest BCUT2D eigenvalue weighted by atomic mass is 10.1. The molecule has 2 heteroatoms. The van der Waals surface area contributed by atoms with E-state index in [0.29, 0.717) is 0 Å². The highest BCUT2D eigenvalue weighted by atomic mass is 32.2. The minimum atomic E-state index is -0.101. The van der Waals surface area contributed by atoms with Crippen LogP contribution in [-0.2, 0) is 0 Å². The van der Waals surface area contributed by atoms with Crippen molar-refractivity contribution in [1.29, 1.82) is 0 Å². The third-order valence-electron chi connectivity index (χ3n) is 1.85. The summed E-state index contributed by atoms with van der Waals surface area (Å²) in [6, 6.07) is 0. The van der Waals surface area contributed by atoms with Gasteiger partial charge in [-0.2, -0.15) is 11.8 Å². The van der Waals surface area contributed by atoms with Crippen LogP contribution in [0.2, 0.25) is 0 Å². The third-order valence-corrected chi connectivity index (χ3v) is 3.27. The van der Waals surface area contributed by atoms with Crippen molar-refractivity contribution in [1.82, 2.24) is 0 Å². The van der Waals surface area contributed by atoms with Gasteiger partial charge in [0.2, 0.25) is 0 Å². The molecule has 0 aromatic carbocycles. The van der Waals surface area contributed by atoms with Crippen LogP contribution in [-0.4, -0.2) is 21.7 Å². The largest absolute Gasteiger partial charge is 0.392 e. The first-order valence-electron chi connectivity index (χ1n) is 5.27. The number of aliphatic hydroxyl groups is 1. The summed E-state index contributed by atoms with van der Waals surface area (Å²) in [6.07, 6.45) is 4.52. The molecule has 1 unspecified atom stereocenters. The zero-order valence-electron chi connectivity index (χ0n) is 9.47. The number of hydrogen-bond acceptors (Lipinski definition) is 2. The molecule has 0 aromatic heterocycles. The second-order valence-electron chi connectivity index (χ2n) is 4.57. The summed E-state index contributed by atoms with van der Waals surface area (Å²) in [6.45, 7) is 8.76. The van der Waals surface area contributed by atoms with E-state index in [4.69, 9.17) is 0 Å². The van der Waals surface area contributed by atoms with Gasteiger partial charge < -0.3 is 5.11 Å². The van der Waals surface area contributed by atoms with E-state index < -0.39 is 0 Å². The fourth-order valence-corrected chi connectivity index (χ4v) is 1.92. The maximum Gasteiger partial charge on any atom is 0.0630 e. The molecule has 0 saturated heterocycles. The first kappa shape index (κ1) is 13.3. The van der Waals surface area contributed by atoms with Crippen molar-refractivity contribution in [3.8, 4) is 0 Å². The molecule has 0 fully saturated rings. The summed E-state index contributed by atoms with van der Waals surface area (Å²) in [5.41, 5.74) is 0. The van der Waals surface area contributed by atoms with Crippen LogP contribution in [0.3, 0.4) is 0 Å². The van der Waals surface area contributed by atoms with Crippen molar-refractivity contribution < 1.29 is 5.11 Å². The second kappa shape index (κ2) is 6.72. The maximum absolute atomic E-state index is 9.62. The van der Waals surface area contributed by atoms with E-state index in [0.717, 1.165) is 12.2 Å². The van der Waals surface area contributed by atoms with Crippen LogP contribution in [0.15, 0.2) is 0 Å². The summed E-state index contributed by atoms with van der Waals surface area (Å²) in [5.74, 6) is 0.882. The van der Waals surface area contributed by atoms with Crippen molar-refractivity contribution in [3.63, 3.8) is 0 Å². The quantitative estimate of drug-likeness (QED) is 0.669. The number of thioether (sulfide) groups is 1. The molecule has 1 N–H and O–H groups in total. The molecule has 0 spiro atoms. The van der Waals surface area contributed by atoms with Crippen LogP contribution in [0.1, 0.15) is 53.4 Å². The predicted molar refractivity (Wildman–Crippen MR) is 62.4 cm³/mol. The van der Waals surface area contributed by atoms with Gasteiger partial charge in [0.15, 0.2) is 0 Å². The highest BCUT2D eigenvalue weighted by Crippen LogP contribution is 2.24. The lowest BCUT2D eigenvalue weighted by Crippen LogP contribution is -2.16. The average molecular weight is 204 g/mol. The fourth-order valence-electron chi connectivity index (χ4n) is 1.06. The normalized spacial score (nSPS) is 14.5. The van der Waals surface area contributed by atoms with Gasteiger partial charge in [-0.3, -0.25) is 0 Å². The van der Waals surface area contributed by atoms with E-state index in [1.54, 1.807) is 0 Å². The zero-order chi connectivity index (χ0) is 10.3. The van der Waals surface area contributed by atoms with Crippen molar-refractivity contribution in [2.45, 2.75) is 64.2 Å². The first-order chi connectivity index (χ1) is 5.95. The summed E-state index contributed by atoms with van der Waals surface area (Å²) in [4.78, 5) is 0. The SMILES string of the molecule is CCCCCC(O)CSC(C)(C)C. The smallest absolute Gasteiger partial charge is 0.0630 e. The number of rotatable bonds is 6. The second-order valence-corrected chi connectivity index (χ2v) is 6.42. The van der Waals surface area contributed by atoms with E-state index in [1.165, 1.54) is 19.3 Å². The average Bonchev–Trinajstić information content (AvgIpc) is 2.00. The molecule has 0 saturated carbocycles. The van der Waals surface area contributed by atoms with Crippen LogP contribution < -0.4 is 0 Å². The van der Waals surface area contributed by atoms with Crippen molar-refractivity contribution in [2.24, 2.45) is 0 Å². The first-order valence-corrected chi connectivity index (χ1v) is 6.26. The Morgan fingerprint density at radius 2 is 1.85 bits per heavy atom. The number of hydrogen-bond donors (Lipinski definition) is 1. The molecule has 0 heterocycles. The van der Waals surface area contributed by atoms with E-state index >= 15 is 0 Å². The minimum absolute atomic E-state index is 0.101. The number of aliphatic hydroxyl groups excluding tert-OH is 1. The molecule has 0 radical (unpaired) electrons. The van der Waals surface area contributed by atoms with Gasteiger partial charge in [0, 0.05) is 10.5 Å². The lowest BCUT2D eigenvalue weighted by Gasteiger charge is -2.19. The summed E-state index contributed by atoms with van der Waals surface area (Å²) in [7, 11) is 0. The Hall–Kier alpha value is 0.310. The Kier molecular flexibility index (Phi) is 6.88. The molecule has 0 aliphatic carbocycles. The number of unbranched alkanes of at least 4 members (excludes halogenated alkanes) is 2. The molecular formula is C11H24OS. The van der Waals surface area contributed by atoms with Crippen molar-refractivity contribution >= 4 is 11.8 Å². The van der Waals surface area contributed by atoms with E-state index in [-0.39, 0.29) is 10.9 Å². The third kappa shape index (κ3) is 10.2. The predicted octanol–water partition coefficient (Wildman–Crippen LogP) is 3.46. The Labute approximate surface area is 87.3 Å². The van der Waals surface area contributed by atoms with Crippen molar-refractivity contribution in [3.05, 3.63) is 0 Å². The standard InChI is InChI=1S/C11H24OS/c1-5-6-7-8-10(12)9-13-11(2,3)4/h10,12H,5-9H2,1-4H3. The monoisotopic (exact) mass is 204 g/mol. The van der Waals surface area contributed by atoms with Gasteiger partial charge in [-0.15, -0.1) is 0 Å². The van der Waals surface area contributed by atoms with Gasteiger partial charge in [-0.25, -0.2) is 0 Å². The Bertz CT molecular complexity index is 118. The molecule has 1 nitrogen and oxygen atoms in total. The molecule has 0 aromatic rings. The van der Waals surface area contributed by atoms with Gasteiger partial charge >= 0.3 is 0 Å². The molecule has 0 bridgehead atoms. The van der Waals surface area contributed by atoms with Crippen LogP contribution in [0.4, 0.5) is 0 Å². The van der Waals surface area contributed by atoms with Gasteiger partial charge in [0.1, 0.15) is 0 Å². The highest BCUT2D eigenvalue weighted by Gasteiger charge is 2.13. The Morgan fingerprint density at radius 3 is 2.31 bits per heavy atom. The maximum atomic E-state index is 9.62.